The zero-order valence-corrected chi connectivity index (χ0v) is 13.6. The first-order valence-corrected chi connectivity index (χ1v) is 9.96. The molecule has 4 unspecified atom stereocenters. The number of hydrogen-bond donors (Lipinski definition) is 1. The molecule has 1 saturated heterocycles. The fourth-order valence-corrected chi connectivity index (χ4v) is 5.13. The molecule has 0 aromatic rings. The van der Waals surface area contributed by atoms with Gasteiger partial charge in [0.05, 0.1) is 11.4 Å². The van der Waals surface area contributed by atoms with Gasteiger partial charge in [-0.1, -0.05) is 12.8 Å². The second kappa shape index (κ2) is 6.75. The molecule has 1 aliphatic carbocycles. The fraction of sp³-hybridized carbons (Fsp3) is 1.00. The van der Waals surface area contributed by atoms with Gasteiger partial charge in [0.2, 0.25) is 0 Å². The number of nitrogens with zero attached hydrogens (tertiary/aromatic N) is 1. The molecule has 2 rings (SSSR count). The van der Waals surface area contributed by atoms with E-state index >= 15 is 0 Å². The monoisotopic (exact) mass is 303 g/mol. The molecule has 0 aromatic carbocycles. The first-order valence-electron chi connectivity index (χ1n) is 8.00. The standard InChI is InChI=1S/C15H29NO3S/c1-12(17)10-13-6-3-4-9-16(13)14-7-5-8-15(11-14)20(2,18)19/h12-15,17H,3-11H2,1-2H3. The van der Waals surface area contributed by atoms with Crippen molar-refractivity contribution in [1.29, 1.82) is 0 Å². The number of sulfone groups is 1. The van der Waals surface area contributed by atoms with E-state index in [1.807, 2.05) is 6.92 Å². The lowest BCUT2D eigenvalue weighted by molar-refractivity contribution is 0.0416. The van der Waals surface area contributed by atoms with Crippen LogP contribution in [0.15, 0.2) is 0 Å². The van der Waals surface area contributed by atoms with E-state index in [9.17, 15) is 13.5 Å². The van der Waals surface area contributed by atoms with E-state index in [2.05, 4.69) is 4.90 Å². The molecule has 4 nitrogen and oxygen atoms in total. The predicted octanol–water partition coefficient (Wildman–Crippen LogP) is 1.97. The van der Waals surface area contributed by atoms with Crippen LogP contribution in [0.5, 0.6) is 0 Å². The molecule has 20 heavy (non-hydrogen) atoms. The van der Waals surface area contributed by atoms with Gasteiger partial charge in [0, 0.05) is 18.3 Å². The maximum atomic E-state index is 11.8. The molecule has 1 heterocycles. The van der Waals surface area contributed by atoms with Crippen LogP contribution >= 0.6 is 0 Å². The van der Waals surface area contributed by atoms with Gasteiger partial charge in [-0.2, -0.15) is 0 Å². The number of aliphatic hydroxyl groups is 1. The third-order valence-corrected chi connectivity index (χ3v) is 6.60. The summed E-state index contributed by atoms with van der Waals surface area (Å²) in [6.45, 7) is 2.92. The van der Waals surface area contributed by atoms with Gasteiger partial charge in [-0.3, -0.25) is 4.90 Å². The molecule has 1 N–H and O–H groups in total. The second-order valence-electron chi connectivity index (χ2n) is 6.74. The molecular weight excluding hydrogens is 274 g/mol. The highest BCUT2D eigenvalue weighted by molar-refractivity contribution is 7.91. The van der Waals surface area contributed by atoms with Crippen molar-refractivity contribution in [1.82, 2.24) is 4.90 Å². The SMILES string of the molecule is CC(O)CC1CCCCN1C1CCCC(S(C)(=O)=O)C1. The summed E-state index contributed by atoms with van der Waals surface area (Å²) in [5.41, 5.74) is 0. The molecule has 0 bridgehead atoms. The van der Waals surface area contributed by atoms with Crippen molar-refractivity contribution in [2.24, 2.45) is 0 Å². The van der Waals surface area contributed by atoms with Crippen molar-refractivity contribution in [3.63, 3.8) is 0 Å². The van der Waals surface area contributed by atoms with Crippen molar-refractivity contribution < 1.29 is 13.5 Å². The minimum absolute atomic E-state index is 0.157. The molecule has 1 aliphatic heterocycles. The summed E-state index contributed by atoms with van der Waals surface area (Å²) in [6.07, 6.45) is 9.25. The second-order valence-corrected chi connectivity index (χ2v) is 9.07. The quantitative estimate of drug-likeness (QED) is 0.862. The van der Waals surface area contributed by atoms with Gasteiger partial charge in [-0.25, -0.2) is 8.42 Å². The first-order chi connectivity index (χ1) is 9.38. The Balaban J connectivity index is 2.03. The van der Waals surface area contributed by atoms with Crippen LogP contribution in [0.25, 0.3) is 0 Å². The van der Waals surface area contributed by atoms with Gasteiger partial charge in [-0.15, -0.1) is 0 Å². The van der Waals surface area contributed by atoms with Gasteiger partial charge in [0.15, 0.2) is 0 Å². The summed E-state index contributed by atoms with van der Waals surface area (Å²) in [6, 6.07) is 0.833. The lowest BCUT2D eigenvalue weighted by Crippen LogP contribution is -2.50. The van der Waals surface area contributed by atoms with Gasteiger partial charge < -0.3 is 5.11 Å². The fourth-order valence-electron chi connectivity index (χ4n) is 3.96. The van der Waals surface area contributed by atoms with Crippen LogP contribution in [0.1, 0.15) is 58.3 Å². The zero-order valence-electron chi connectivity index (χ0n) is 12.8. The summed E-state index contributed by atoms with van der Waals surface area (Å²) in [5.74, 6) is 0. The van der Waals surface area contributed by atoms with E-state index in [1.54, 1.807) is 0 Å². The van der Waals surface area contributed by atoms with Crippen molar-refractivity contribution in [2.45, 2.75) is 81.7 Å². The number of aliphatic hydroxyl groups excluding tert-OH is 1. The number of rotatable bonds is 4. The predicted molar refractivity (Wildman–Crippen MR) is 81.5 cm³/mol. The Hall–Kier alpha value is -0.130. The van der Waals surface area contributed by atoms with Gasteiger partial charge >= 0.3 is 0 Å². The van der Waals surface area contributed by atoms with E-state index in [-0.39, 0.29) is 11.4 Å². The molecule has 1 saturated carbocycles. The largest absolute Gasteiger partial charge is 0.393 e. The molecule has 2 fully saturated rings. The Labute approximate surface area is 123 Å². The molecule has 0 radical (unpaired) electrons. The number of piperidine rings is 1. The summed E-state index contributed by atoms with van der Waals surface area (Å²) in [5, 5.41) is 9.52. The topological polar surface area (TPSA) is 57.6 Å². The van der Waals surface area contributed by atoms with Crippen LogP contribution < -0.4 is 0 Å². The maximum absolute atomic E-state index is 11.8. The average Bonchev–Trinajstić information content (AvgIpc) is 2.38. The molecule has 2 aliphatic rings. The van der Waals surface area contributed by atoms with Gasteiger partial charge in [-0.05, 0) is 52.0 Å². The smallest absolute Gasteiger partial charge is 0.150 e. The molecule has 5 heteroatoms. The van der Waals surface area contributed by atoms with Crippen molar-refractivity contribution >= 4 is 9.84 Å². The van der Waals surface area contributed by atoms with E-state index in [1.165, 1.54) is 19.1 Å². The van der Waals surface area contributed by atoms with Gasteiger partial charge in [0.1, 0.15) is 9.84 Å². The van der Waals surface area contributed by atoms with Crippen molar-refractivity contribution in [2.75, 3.05) is 12.8 Å². The highest BCUT2D eigenvalue weighted by atomic mass is 32.2. The maximum Gasteiger partial charge on any atom is 0.150 e. The summed E-state index contributed by atoms with van der Waals surface area (Å²) in [4.78, 5) is 2.51. The highest BCUT2D eigenvalue weighted by Crippen LogP contribution is 2.32. The Kier molecular flexibility index (Phi) is 5.49. The molecule has 0 spiro atoms. The molecule has 4 atom stereocenters. The van der Waals surface area contributed by atoms with E-state index in [0.29, 0.717) is 12.1 Å². The van der Waals surface area contributed by atoms with Crippen molar-refractivity contribution in [3.8, 4) is 0 Å². The third kappa shape index (κ3) is 4.18. The minimum atomic E-state index is -2.91. The Morgan fingerprint density at radius 2 is 1.95 bits per heavy atom. The minimum Gasteiger partial charge on any atom is -0.393 e. The van der Waals surface area contributed by atoms with Crippen LogP contribution in [-0.4, -0.2) is 54.7 Å². The molecule has 118 valence electrons. The van der Waals surface area contributed by atoms with Crippen LogP contribution in [0.3, 0.4) is 0 Å². The Morgan fingerprint density at radius 1 is 1.20 bits per heavy atom. The van der Waals surface area contributed by atoms with E-state index < -0.39 is 9.84 Å². The summed E-state index contributed by atoms with van der Waals surface area (Å²) < 4.78 is 23.6. The van der Waals surface area contributed by atoms with Crippen molar-refractivity contribution in [3.05, 3.63) is 0 Å². The summed E-state index contributed by atoms with van der Waals surface area (Å²) >= 11 is 0. The molecule has 0 amide bonds. The van der Waals surface area contributed by atoms with Crippen LogP contribution in [0, 0.1) is 0 Å². The van der Waals surface area contributed by atoms with E-state index in [4.69, 9.17) is 0 Å². The molecular formula is C15H29NO3S. The molecule has 0 aromatic heterocycles. The number of hydrogen-bond acceptors (Lipinski definition) is 4. The third-order valence-electron chi connectivity index (χ3n) is 4.96. The lowest BCUT2D eigenvalue weighted by Gasteiger charge is -2.44. The Bertz CT molecular complexity index is 407. The van der Waals surface area contributed by atoms with Crippen LogP contribution in [-0.2, 0) is 9.84 Å². The van der Waals surface area contributed by atoms with E-state index in [0.717, 1.165) is 45.1 Å². The highest BCUT2D eigenvalue weighted by Gasteiger charge is 2.35. The zero-order chi connectivity index (χ0) is 14.8. The number of likely N-dealkylation sites (tertiary alicyclic amines) is 1. The first kappa shape index (κ1) is 16.2. The van der Waals surface area contributed by atoms with Crippen LogP contribution in [0.2, 0.25) is 0 Å². The summed E-state index contributed by atoms with van der Waals surface area (Å²) in [7, 11) is -2.91. The normalized spacial score (nSPS) is 34.9. The average molecular weight is 303 g/mol. The van der Waals surface area contributed by atoms with Gasteiger partial charge in [0.25, 0.3) is 0 Å². The van der Waals surface area contributed by atoms with Crippen LogP contribution in [0.4, 0.5) is 0 Å². The lowest BCUT2D eigenvalue weighted by atomic mass is 9.88. The Morgan fingerprint density at radius 3 is 2.60 bits per heavy atom.